The number of aromatic nitrogens is 1. The molecular weight excluding hydrogens is 494 g/mol. The van der Waals surface area contributed by atoms with Crippen molar-refractivity contribution in [3.8, 4) is 11.5 Å². The van der Waals surface area contributed by atoms with Crippen molar-refractivity contribution in [2.45, 2.75) is 31.5 Å². The number of hydrogen-bond acceptors (Lipinski definition) is 4. The topological polar surface area (TPSA) is 88.8 Å². The van der Waals surface area contributed by atoms with E-state index in [0.717, 1.165) is 48.0 Å². The van der Waals surface area contributed by atoms with Gasteiger partial charge in [-0.05, 0) is 48.9 Å². The summed E-state index contributed by atoms with van der Waals surface area (Å²) < 4.78 is 63.2. The summed E-state index contributed by atoms with van der Waals surface area (Å²) in [6, 6.07) is 7.56. The third kappa shape index (κ3) is 4.89. The summed E-state index contributed by atoms with van der Waals surface area (Å²) in [5.74, 6) is -4.26. The van der Waals surface area contributed by atoms with Gasteiger partial charge in [0.05, 0.1) is 5.56 Å². The molecule has 0 aliphatic carbocycles. The molecule has 3 rings (SSSR count). The van der Waals surface area contributed by atoms with Crippen LogP contribution in [0.2, 0.25) is 5.02 Å². The van der Waals surface area contributed by atoms with Crippen LogP contribution in [0, 0.1) is 12.7 Å². The van der Waals surface area contributed by atoms with Crippen molar-refractivity contribution in [1.29, 1.82) is 0 Å². The van der Waals surface area contributed by atoms with Crippen LogP contribution in [0.4, 0.5) is 17.6 Å². The standard InChI is InChI=1S/C24H20ClF4NO5/c1-12-8-15(11-30(3)21(12)31)23(34,24(27,28)29)13(2)17-6-5-16(10-18(17)25)35-20-7-4-14(22(32)33)9-19(20)26/h4-11,13,34H,1-3H3,(H,32,33)/t13-,23-/m0/s1. The smallest absolute Gasteiger partial charge is 0.422 e. The van der Waals surface area contributed by atoms with E-state index in [1.165, 1.54) is 26.1 Å². The molecule has 0 aliphatic heterocycles. The Hall–Kier alpha value is -3.37. The molecule has 2 N–H and O–H groups in total. The molecule has 0 fully saturated rings. The first-order valence-corrected chi connectivity index (χ1v) is 10.5. The van der Waals surface area contributed by atoms with Crippen molar-refractivity contribution < 1.29 is 37.3 Å². The van der Waals surface area contributed by atoms with E-state index in [-0.39, 0.29) is 33.2 Å². The number of halogens is 5. The number of benzene rings is 2. The van der Waals surface area contributed by atoms with Crippen LogP contribution in [0.1, 0.15) is 39.9 Å². The monoisotopic (exact) mass is 513 g/mol. The molecule has 0 aliphatic rings. The zero-order chi connectivity index (χ0) is 26.3. The quantitative estimate of drug-likeness (QED) is 0.423. The number of alkyl halides is 3. The Morgan fingerprint density at radius 1 is 1.14 bits per heavy atom. The summed E-state index contributed by atoms with van der Waals surface area (Å²) in [5, 5.41) is 19.7. The van der Waals surface area contributed by atoms with Crippen LogP contribution in [0.15, 0.2) is 53.5 Å². The Kier molecular flexibility index (Phi) is 7.01. The zero-order valence-corrected chi connectivity index (χ0v) is 19.4. The molecule has 0 unspecified atom stereocenters. The first-order chi connectivity index (χ1) is 16.2. The van der Waals surface area contributed by atoms with Gasteiger partial charge in [-0.3, -0.25) is 4.79 Å². The third-order valence-corrected chi connectivity index (χ3v) is 6.03. The maximum Gasteiger partial charge on any atom is 0.422 e. The predicted octanol–water partition coefficient (Wildman–Crippen LogP) is 5.53. The van der Waals surface area contributed by atoms with Crippen LogP contribution < -0.4 is 10.3 Å². The highest BCUT2D eigenvalue weighted by Crippen LogP contribution is 2.50. The van der Waals surface area contributed by atoms with E-state index in [1.807, 2.05) is 0 Å². The second kappa shape index (κ2) is 9.35. The van der Waals surface area contributed by atoms with Gasteiger partial charge in [0.2, 0.25) is 0 Å². The second-order valence-electron chi connectivity index (χ2n) is 8.05. The molecule has 0 bridgehead atoms. The fourth-order valence-electron chi connectivity index (χ4n) is 3.74. The predicted molar refractivity (Wildman–Crippen MR) is 120 cm³/mol. The first-order valence-electron chi connectivity index (χ1n) is 10.1. The maximum absolute atomic E-state index is 14.2. The lowest BCUT2D eigenvalue weighted by molar-refractivity contribution is -0.274. The molecule has 1 aromatic heterocycles. The number of carbonyl (C=O) groups is 1. The summed E-state index contributed by atoms with van der Waals surface area (Å²) in [6.45, 7) is 2.48. The van der Waals surface area contributed by atoms with E-state index >= 15 is 0 Å². The van der Waals surface area contributed by atoms with E-state index in [0.29, 0.717) is 0 Å². The lowest BCUT2D eigenvalue weighted by Gasteiger charge is -2.37. The average molecular weight is 514 g/mol. The largest absolute Gasteiger partial charge is 0.478 e. The van der Waals surface area contributed by atoms with Crippen molar-refractivity contribution in [3.63, 3.8) is 0 Å². The van der Waals surface area contributed by atoms with Gasteiger partial charge in [-0.15, -0.1) is 0 Å². The zero-order valence-electron chi connectivity index (χ0n) is 18.7. The summed E-state index contributed by atoms with van der Waals surface area (Å²) in [4.78, 5) is 22.9. The number of nitrogens with zero attached hydrogens (tertiary/aromatic N) is 1. The molecule has 11 heteroatoms. The van der Waals surface area contributed by atoms with E-state index < -0.39 is 40.6 Å². The van der Waals surface area contributed by atoms with Gasteiger partial charge in [-0.1, -0.05) is 24.6 Å². The highest BCUT2D eigenvalue weighted by atomic mass is 35.5. The van der Waals surface area contributed by atoms with E-state index in [4.69, 9.17) is 21.4 Å². The minimum absolute atomic E-state index is 0.0191. The molecule has 3 aromatic rings. The van der Waals surface area contributed by atoms with Gasteiger partial charge in [0.25, 0.3) is 5.56 Å². The van der Waals surface area contributed by atoms with E-state index in [2.05, 4.69) is 0 Å². The first kappa shape index (κ1) is 26.2. The number of aliphatic hydroxyl groups is 1. The molecule has 1 heterocycles. The highest BCUT2D eigenvalue weighted by Gasteiger charge is 2.59. The summed E-state index contributed by atoms with van der Waals surface area (Å²) >= 11 is 6.24. The van der Waals surface area contributed by atoms with Gasteiger partial charge in [-0.2, -0.15) is 13.2 Å². The summed E-state index contributed by atoms with van der Waals surface area (Å²) in [5.41, 5.74) is -4.79. The Morgan fingerprint density at radius 3 is 2.31 bits per heavy atom. The Bertz CT molecular complexity index is 1330. The molecule has 0 saturated carbocycles. The van der Waals surface area contributed by atoms with Crippen LogP contribution in [0.5, 0.6) is 11.5 Å². The molecule has 0 spiro atoms. The molecule has 35 heavy (non-hydrogen) atoms. The number of hydrogen-bond donors (Lipinski definition) is 2. The molecule has 0 radical (unpaired) electrons. The molecule has 0 amide bonds. The van der Waals surface area contributed by atoms with Crippen LogP contribution in [-0.2, 0) is 12.6 Å². The fourth-order valence-corrected chi connectivity index (χ4v) is 4.07. The molecular formula is C24H20ClF4NO5. The average Bonchev–Trinajstić information content (AvgIpc) is 2.76. The minimum atomic E-state index is -5.14. The number of pyridine rings is 1. The summed E-state index contributed by atoms with van der Waals surface area (Å²) in [6.07, 6.45) is -4.21. The van der Waals surface area contributed by atoms with Crippen molar-refractivity contribution in [2.24, 2.45) is 7.05 Å². The van der Waals surface area contributed by atoms with Gasteiger partial charge in [-0.25, -0.2) is 9.18 Å². The number of carboxylic acids is 1. The van der Waals surface area contributed by atoms with Gasteiger partial charge in [0, 0.05) is 35.3 Å². The SMILES string of the molecule is Cc1cc([C@@](O)([C@@H](C)c2ccc(Oc3ccc(C(=O)O)cc3F)cc2Cl)C(F)(F)F)cn(C)c1=O. The van der Waals surface area contributed by atoms with Crippen molar-refractivity contribution in [2.75, 3.05) is 0 Å². The van der Waals surface area contributed by atoms with Crippen LogP contribution in [-0.4, -0.2) is 26.9 Å². The van der Waals surface area contributed by atoms with E-state index in [1.54, 1.807) is 0 Å². The molecule has 186 valence electrons. The number of carboxylic acid groups (broad SMARTS) is 1. The molecule has 2 aromatic carbocycles. The van der Waals surface area contributed by atoms with Crippen molar-refractivity contribution in [1.82, 2.24) is 4.57 Å². The lowest BCUT2D eigenvalue weighted by Crippen LogP contribution is -2.47. The van der Waals surface area contributed by atoms with Gasteiger partial charge >= 0.3 is 12.1 Å². The van der Waals surface area contributed by atoms with Gasteiger partial charge in [0.15, 0.2) is 17.2 Å². The molecule has 6 nitrogen and oxygen atoms in total. The lowest BCUT2D eigenvalue weighted by atomic mass is 9.78. The van der Waals surface area contributed by atoms with Crippen LogP contribution in [0.3, 0.4) is 0 Å². The Morgan fingerprint density at radius 2 is 1.80 bits per heavy atom. The normalized spacial score (nSPS) is 14.3. The summed E-state index contributed by atoms with van der Waals surface area (Å²) in [7, 11) is 1.28. The van der Waals surface area contributed by atoms with Crippen LogP contribution in [0.25, 0.3) is 0 Å². The number of aromatic carboxylic acids is 1. The molecule has 2 atom stereocenters. The minimum Gasteiger partial charge on any atom is -0.478 e. The van der Waals surface area contributed by atoms with E-state index in [9.17, 15) is 32.3 Å². The van der Waals surface area contributed by atoms with Gasteiger partial charge < -0.3 is 19.5 Å². The Balaban J connectivity index is 2.01. The second-order valence-corrected chi connectivity index (χ2v) is 8.46. The molecule has 0 saturated heterocycles. The Labute approximate surface area is 202 Å². The van der Waals surface area contributed by atoms with Gasteiger partial charge in [0.1, 0.15) is 5.75 Å². The fraction of sp³-hybridized carbons (Fsp3) is 0.250. The number of ether oxygens (including phenoxy) is 1. The number of rotatable bonds is 6. The number of aryl methyl sites for hydroxylation is 2. The third-order valence-electron chi connectivity index (χ3n) is 5.71. The maximum atomic E-state index is 14.2. The van der Waals surface area contributed by atoms with Crippen LogP contribution >= 0.6 is 11.6 Å². The van der Waals surface area contributed by atoms with Crippen molar-refractivity contribution >= 4 is 17.6 Å². The highest BCUT2D eigenvalue weighted by molar-refractivity contribution is 6.31. The van der Waals surface area contributed by atoms with Crippen molar-refractivity contribution in [3.05, 3.63) is 92.1 Å².